The second-order valence-electron chi connectivity index (χ2n) is 2.13. The van der Waals surface area contributed by atoms with E-state index in [1.54, 1.807) is 6.07 Å². The lowest BCUT2D eigenvalue weighted by molar-refractivity contribution is -0.389. The Morgan fingerprint density at radius 2 is 2.38 bits per heavy atom. The first-order chi connectivity index (χ1) is 6.17. The van der Waals surface area contributed by atoms with Crippen molar-refractivity contribution in [1.82, 2.24) is 4.98 Å². The molecule has 1 aromatic heterocycles. The molecule has 6 heteroatoms. The molecule has 1 rings (SSSR count). The zero-order chi connectivity index (χ0) is 9.84. The molecule has 13 heavy (non-hydrogen) atoms. The van der Waals surface area contributed by atoms with E-state index in [2.05, 4.69) is 9.72 Å². The van der Waals surface area contributed by atoms with Gasteiger partial charge in [0.25, 0.3) is 0 Å². The average Bonchev–Trinajstić information content (AvgIpc) is 2.16. The maximum absolute atomic E-state index is 10.3. The lowest BCUT2D eigenvalue weighted by Gasteiger charge is -1.95. The fourth-order valence-electron chi connectivity index (χ4n) is 0.754. The van der Waals surface area contributed by atoms with E-state index in [1.807, 2.05) is 0 Å². The van der Waals surface area contributed by atoms with E-state index in [0.717, 1.165) is 6.07 Å². The van der Waals surface area contributed by atoms with E-state index in [9.17, 15) is 10.1 Å². The largest absolute Gasteiger partial charge is 0.463 e. The standard InChI is InChI=1S/C7H5N3O3/c1-13-7-3-5(4-8)2-6(9-7)10(11)12/h2-3H,1H3. The topological polar surface area (TPSA) is 89.0 Å². The summed E-state index contributed by atoms with van der Waals surface area (Å²) in [4.78, 5) is 13.2. The SMILES string of the molecule is COc1cc(C#N)cc([N+](=O)[O-])n1. The van der Waals surface area contributed by atoms with Gasteiger partial charge in [0.05, 0.1) is 24.8 Å². The normalized spacial score (nSPS) is 8.92. The smallest absolute Gasteiger partial charge is 0.369 e. The molecule has 0 unspecified atom stereocenters. The van der Waals surface area contributed by atoms with Crippen LogP contribution in [0.15, 0.2) is 12.1 Å². The van der Waals surface area contributed by atoms with Crippen LogP contribution in [0.25, 0.3) is 0 Å². The van der Waals surface area contributed by atoms with Crippen molar-refractivity contribution in [1.29, 1.82) is 5.26 Å². The number of ether oxygens (including phenoxy) is 1. The van der Waals surface area contributed by atoms with Gasteiger partial charge < -0.3 is 14.9 Å². The molecule has 0 bridgehead atoms. The second-order valence-corrected chi connectivity index (χ2v) is 2.13. The van der Waals surface area contributed by atoms with Gasteiger partial charge in [-0.25, -0.2) is 0 Å². The van der Waals surface area contributed by atoms with Crippen molar-refractivity contribution in [2.75, 3.05) is 7.11 Å². The Morgan fingerprint density at radius 1 is 1.69 bits per heavy atom. The molecule has 0 aromatic carbocycles. The minimum atomic E-state index is -0.677. The fraction of sp³-hybridized carbons (Fsp3) is 0.143. The van der Waals surface area contributed by atoms with Gasteiger partial charge in [0, 0.05) is 11.1 Å². The Morgan fingerprint density at radius 3 is 2.85 bits per heavy atom. The number of hydrogen-bond donors (Lipinski definition) is 0. The van der Waals surface area contributed by atoms with Crippen LogP contribution in [0.5, 0.6) is 5.88 Å². The summed E-state index contributed by atoms with van der Waals surface area (Å²) < 4.78 is 4.68. The molecular formula is C7H5N3O3. The highest BCUT2D eigenvalue weighted by molar-refractivity contribution is 5.39. The zero-order valence-corrected chi connectivity index (χ0v) is 6.72. The highest BCUT2D eigenvalue weighted by Crippen LogP contribution is 2.16. The maximum Gasteiger partial charge on any atom is 0.369 e. The molecule has 0 aliphatic rings. The predicted octanol–water partition coefficient (Wildman–Crippen LogP) is 0.870. The Labute approximate surface area is 73.5 Å². The van der Waals surface area contributed by atoms with Gasteiger partial charge in [0.2, 0.25) is 0 Å². The third-order valence-electron chi connectivity index (χ3n) is 1.31. The second kappa shape index (κ2) is 3.49. The van der Waals surface area contributed by atoms with Gasteiger partial charge in [-0.1, -0.05) is 0 Å². The Balaban J connectivity index is 3.24. The highest BCUT2D eigenvalue weighted by Gasteiger charge is 2.12. The van der Waals surface area contributed by atoms with E-state index in [1.165, 1.54) is 13.2 Å². The van der Waals surface area contributed by atoms with E-state index in [-0.39, 0.29) is 11.4 Å². The first-order valence-corrected chi connectivity index (χ1v) is 3.28. The Bertz CT molecular complexity index is 383. The summed E-state index contributed by atoms with van der Waals surface area (Å²) in [5.41, 5.74) is 0.151. The Kier molecular flexibility index (Phi) is 2.40. The first-order valence-electron chi connectivity index (χ1n) is 3.28. The summed E-state index contributed by atoms with van der Waals surface area (Å²) in [6.45, 7) is 0. The number of pyridine rings is 1. The van der Waals surface area contributed by atoms with Gasteiger partial charge in [-0.15, -0.1) is 0 Å². The summed E-state index contributed by atoms with van der Waals surface area (Å²) in [7, 11) is 1.33. The molecular weight excluding hydrogens is 174 g/mol. The average molecular weight is 179 g/mol. The highest BCUT2D eigenvalue weighted by atomic mass is 16.6. The van der Waals surface area contributed by atoms with Gasteiger partial charge in [-0.05, 0) is 4.92 Å². The summed E-state index contributed by atoms with van der Waals surface area (Å²) in [6.07, 6.45) is 0. The molecule has 0 aliphatic heterocycles. The summed E-state index contributed by atoms with van der Waals surface area (Å²) in [6, 6.07) is 4.18. The number of nitro groups is 1. The minimum Gasteiger partial charge on any atom is -0.463 e. The molecule has 0 spiro atoms. The van der Waals surface area contributed by atoms with Crippen LogP contribution in [0.1, 0.15) is 5.56 Å². The number of methoxy groups -OCH3 is 1. The van der Waals surface area contributed by atoms with Gasteiger partial charge in [-0.2, -0.15) is 5.26 Å². The number of aromatic nitrogens is 1. The van der Waals surface area contributed by atoms with E-state index < -0.39 is 10.7 Å². The maximum atomic E-state index is 10.3. The number of hydrogen-bond acceptors (Lipinski definition) is 5. The third-order valence-corrected chi connectivity index (χ3v) is 1.31. The van der Waals surface area contributed by atoms with E-state index in [0.29, 0.717) is 0 Å². The van der Waals surface area contributed by atoms with Crippen LogP contribution in [-0.2, 0) is 0 Å². The summed E-state index contributed by atoms with van der Waals surface area (Å²) >= 11 is 0. The van der Waals surface area contributed by atoms with Gasteiger partial charge >= 0.3 is 11.7 Å². The molecule has 0 N–H and O–H groups in total. The van der Waals surface area contributed by atoms with Crippen molar-refractivity contribution in [3.8, 4) is 11.9 Å². The molecule has 0 aliphatic carbocycles. The molecule has 0 saturated carbocycles. The van der Waals surface area contributed by atoms with Crippen LogP contribution < -0.4 is 4.74 Å². The lowest BCUT2D eigenvalue weighted by atomic mass is 10.3. The van der Waals surface area contributed by atoms with Crippen molar-refractivity contribution >= 4 is 5.82 Å². The molecule has 0 radical (unpaired) electrons. The predicted molar refractivity (Wildman–Crippen MR) is 42.2 cm³/mol. The molecule has 66 valence electrons. The zero-order valence-electron chi connectivity index (χ0n) is 6.72. The van der Waals surface area contributed by atoms with Crippen molar-refractivity contribution in [3.63, 3.8) is 0 Å². The minimum absolute atomic E-state index is 0.0609. The monoisotopic (exact) mass is 179 g/mol. The number of nitrogens with zero attached hydrogens (tertiary/aromatic N) is 3. The molecule has 0 amide bonds. The molecule has 0 saturated heterocycles. The Hall–Kier alpha value is -2.16. The van der Waals surface area contributed by atoms with Crippen molar-refractivity contribution in [2.45, 2.75) is 0 Å². The van der Waals surface area contributed by atoms with Crippen LogP contribution in [0.3, 0.4) is 0 Å². The lowest BCUT2D eigenvalue weighted by Crippen LogP contribution is -1.96. The van der Waals surface area contributed by atoms with Crippen LogP contribution >= 0.6 is 0 Å². The van der Waals surface area contributed by atoms with Crippen molar-refractivity contribution in [3.05, 3.63) is 27.8 Å². The summed E-state index contributed by atoms with van der Waals surface area (Å²) in [5.74, 6) is -0.332. The number of rotatable bonds is 2. The van der Waals surface area contributed by atoms with E-state index in [4.69, 9.17) is 5.26 Å². The van der Waals surface area contributed by atoms with Crippen LogP contribution in [0, 0.1) is 21.4 Å². The molecule has 6 nitrogen and oxygen atoms in total. The van der Waals surface area contributed by atoms with Crippen LogP contribution in [0.4, 0.5) is 5.82 Å². The van der Waals surface area contributed by atoms with Crippen molar-refractivity contribution in [2.24, 2.45) is 0 Å². The quantitative estimate of drug-likeness (QED) is 0.496. The van der Waals surface area contributed by atoms with Crippen molar-refractivity contribution < 1.29 is 9.66 Å². The molecule has 0 atom stereocenters. The molecule has 1 aromatic rings. The van der Waals surface area contributed by atoms with Crippen LogP contribution in [-0.4, -0.2) is 17.0 Å². The summed E-state index contributed by atoms with van der Waals surface area (Å²) in [5, 5.41) is 18.8. The molecule has 1 heterocycles. The van der Waals surface area contributed by atoms with Gasteiger partial charge in [-0.3, -0.25) is 0 Å². The van der Waals surface area contributed by atoms with Gasteiger partial charge in [0.1, 0.15) is 0 Å². The van der Waals surface area contributed by atoms with Crippen LogP contribution in [0.2, 0.25) is 0 Å². The number of nitriles is 1. The fourth-order valence-corrected chi connectivity index (χ4v) is 0.754. The third kappa shape index (κ3) is 1.90. The van der Waals surface area contributed by atoms with E-state index >= 15 is 0 Å². The first kappa shape index (κ1) is 8.93. The van der Waals surface area contributed by atoms with Gasteiger partial charge in [0.15, 0.2) is 0 Å². The molecule has 0 fully saturated rings.